The Morgan fingerprint density at radius 3 is 1.59 bits per heavy atom. The fraction of sp³-hybridized carbons (Fsp3) is 0.0392. The third-order valence-electron chi connectivity index (χ3n) is 12.4. The molecule has 1 aromatic heterocycles. The number of imidazole rings is 1. The van der Waals surface area contributed by atoms with E-state index in [1.54, 1.807) is 0 Å². The molecule has 56 heavy (non-hydrogen) atoms. The van der Waals surface area contributed by atoms with Crippen molar-refractivity contribution in [2.45, 2.75) is 11.0 Å². The Morgan fingerprint density at radius 2 is 0.946 bits per heavy atom. The van der Waals surface area contributed by atoms with E-state index in [0.29, 0.717) is 6.01 Å². The van der Waals surface area contributed by atoms with Gasteiger partial charge in [-0.25, -0.2) is 0 Å². The first-order valence-electron chi connectivity index (χ1n) is 19.1. The first-order chi connectivity index (χ1) is 27.8. The summed E-state index contributed by atoms with van der Waals surface area (Å²) < 4.78 is 16.2. The standard InChI is InChI=1S/C51H31N3O2/c1-3-17-35-33(15-1)34-16-2-4-18-36(34)51(35)41-31-32(29-30-45(41)54-46-26-12-9-23-42(46)52-49(54)56-51)53-43-24-10-5-19-37(43)50(38-20-6-11-25-44(38)53)39-21-7-13-27-47(39)55-48-28-14-8-22-40(48)50/h1-31H. The predicted molar refractivity (Wildman–Crippen MR) is 220 cm³/mol. The highest BCUT2D eigenvalue weighted by molar-refractivity contribution is 5.93. The minimum atomic E-state index is -0.926. The highest BCUT2D eigenvalue weighted by atomic mass is 16.5. The third kappa shape index (κ3) is 3.54. The van der Waals surface area contributed by atoms with Crippen LogP contribution >= 0.6 is 0 Å². The van der Waals surface area contributed by atoms with Gasteiger partial charge in [0.2, 0.25) is 0 Å². The molecule has 9 aromatic rings. The molecule has 0 bridgehead atoms. The smallest absolute Gasteiger partial charge is 0.303 e. The van der Waals surface area contributed by atoms with E-state index in [2.05, 4.69) is 191 Å². The molecule has 13 rings (SSSR count). The van der Waals surface area contributed by atoms with E-state index in [1.165, 1.54) is 22.3 Å². The third-order valence-corrected chi connectivity index (χ3v) is 12.4. The van der Waals surface area contributed by atoms with Crippen LogP contribution in [0.2, 0.25) is 0 Å². The number of fused-ring (bicyclic) bond motifs is 19. The molecule has 262 valence electrons. The van der Waals surface area contributed by atoms with E-state index >= 15 is 0 Å². The molecule has 0 atom stereocenters. The highest BCUT2D eigenvalue weighted by Gasteiger charge is 2.54. The summed E-state index contributed by atoms with van der Waals surface area (Å²) in [5.41, 5.74) is 15.0. The number of anilines is 3. The highest BCUT2D eigenvalue weighted by Crippen LogP contribution is 2.63. The van der Waals surface area contributed by atoms with Crippen LogP contribution in [0.5, 0.6) is 17.5 Å². The van der Waals surface area contributed by atoms with Crippen LogP contribution in [0.15, 0.2) is 188 Å². The first kappa shape index (κ1) is 30.0. The van der Waals surface area contributed by atoms with Gasteiger partial charge in [-0.1, -0.05) is 133 Å². The fourth-order valence-corrected chi connectivity index (χ4v) is 10.3. The summed E-state index contributed by atoms with van der Waals surface area (Å²) in [7, 11) is 0. The van der Waals surface area contributed by atoms with Crippen molar-refractivity contribution in [2.75, 3.05) is 4.90 Å². The Bertz CT molecular complexity index is 3000. The zero-order valence-electron chi connectivity index (χ0n) is 30.1. The lowest BCUT2D eigenvalue weighted by atomic mass is 9.61. The van der Waals surface area contributed by atoms with Gasteiger partial charge < -0.3 is 14.4 Å². The summed E-state index contributed by atoms with van der Waals surface area (Å²) in [6.07, 6.45) is 0. The normalized spacial score (nSPS) is 15.3. The summed E-state index contributed by atoms with van der Waals surface area (Å²) in [4.78, 5) is 7.54. The lowest BCUT2D eigenvalue weighted by Crippen LogP contribution is -2.40. The van der Waals surface area contributed by atoms with Crippen LogP contribution in [-0.2, 0) is 11.0 Å². The molecule has 0 fully saturated rings. The van der Waals surface area contributed by atoms with E-state index in [0.717, 1.165) is 73.1 Å². The van der Waals surface area contributed by atoms with E-state index in [9.17, 15) is 0 Å². The van der Waals surface area contributed by atoms with Crippen molar-refractivity contribution in [3.8, 4) is 34.3 Å². The monoisotopic (exact) mass is 717 g/mol. The van der Waals surface area contributed by atoms with E-state index in [-0.39, 0.29) is 0 Å². The van der Waals surface area contributed by atoms with Crippen molar-refractivity contribution in [3.63, 3.8) is 0 Å². The lowest BCUT2D eigenvalue weighted by molar-refractivity contribution is 0.132. The van der Waals surface area contributed by atoms with Crippen molar-refractivity contribution in [3.05, 3.63) is 227 Å². The van der Waals surface area contributed by atoms with Crippen molar-refractivity contribution < 1.29 is 9.47 Å². The van der Waals surface area contributed by atoms with Crippen molar-refractivity contribution in [2.24, 2.45) is 0 Å². The van der Waals surface area contributed by atoms with Crippen molar-refractivity contribution in [1.29, 1.82) is 0 Å². The van der Waals surface area contributed by atoms with Gasteiger partial charge in [0.1, 0.15) is 11.5 Å². The molecule has 0 saturated heterocycles. The molecule has 0 N–H and O–H groups in total. The Kier molecular flexibility index (Phi) is 5.71. The molecule has 8 aromatic carbocycles. The summed E-state index contributed by atoms with van der Waals surface area (Å²) in [5, 5.41) is 0. The van der Waals surface area contributed by atoms with Gasteiger partial charge in [0.15, 0.2) is 5.60 Å². The topological polar surface area (TPSA) is 39.5 Å². The van der Waals surface area contributed by atoms with Crippen molar-refractivity contribution in [1.82, 2.24) is 9.55 Å². The minimum Gasteiger partial charge on any atom is -0.457 e. The average molecular weight is 718 g/mol. The van der Waals surface area contributed by atoms with Crippen LogP contribution in [0.3, 0.4) is 0 Å². The molecule has 0 amide bonds. The van der Waals surface area contributed by atoms with Gasteiger partial charge in [0, 0.05) is 33.5 Å². The number of rotatable bonds is 1. The maximum atomic E-state index is 7.41. The molecule has 0 radical (unpaired) electrons. The minimum absolute atomic E-state index is 0.588. The van der Waals surface area contributed by atoms with Gasteiger partial charge in [0.05, 0.1) is 33.5 Å². The number of hydrogen-bond acceptors (Lipinski definition) is 4. The zero-order valence-corrected chi connectivity index (χ0v) is 30.1. The number of para-hydroxylation sites is 6. The van der Waals surface area contributed by atoms with Gasteiger partial charge in [-0.3, -0.25) is 4.57 Å². The Labute approximate surface area is 323 Å². The Balaban J connectivity index is 1.12. The maximum Gasteiger partial charge on any atom is 0.303 e. The van der Waals surface area contributed by atoms with Gasteiger partial charge >= 0.3 is 6.01 Å². The van der Waals surface area contributed by atoms with Crippen LogP contribution in [-0.4, -0.2) is 9.55 Å². The van der Waals surface area contributed by atoms with E-state index in [1.807, 2.05) is 6.07 Å². The fourth-order valence-electron chi connectivity index (χ4n) is 10.3. The molecule has 4 heterocycles. The van der Waals surface area contributed by atoms with Gasteiger partial charge in [-0.2, -0.15) is 4.98 Å². The molecular weight excluding hydrogens is 687 g/mol. The molecule has 0 saturated carbocycles. The largest absolute Gasteiger partial charge is 0.457 e. The molecule has 0 unspecified atom stereocenters. The lowest BCUT2D eigenvalue weighted by Gasteiger charge is -2.48. The van der Waals surface area contributed by atoms with Gasteiger partial charge in [-0.05, 0) is 76.9 Å². The molecule has 5 nitrogen and oxygen atoms in total. The van der Waals surface area contributed by atoms with Crippen LogP contribution < -0.4 is 14.4 Å². The predicted octanol–water partition coefficient (Wildman–Crippen LogP) is 12.0. The number of ether oxygens (including phenoxy) is 2. The van der Waals surface area contributed by atoms with E-state index < -0.39 is 11.0 Å². The quantitative estimate of drug-likeness (QED) is 0.169. The number of benzene rings is 8. The molecule has 3 aliphatic heterocycles. The Morgan fingerprint density at radius 1 is 0.429 bits per heavy atom. The first-order valence-corrected chi connectivity index (χ1v) is 19.1. The van der Waals surface area contributed by atoms with Gasteiger partial charge in [0.25, 0.3) is 0 Å². The Hall–Kier alpha value is -7.37. The molecular formula is C51H31N3O2. The summed E-state index contributed by atoms with van der Waals surface area (Å²) >= 11 is 0. The van der Waals surface area contributed by atoms with Gasteiger partial charge in [-0.15, -0.1) is 0 Å². The van der Waals surface area contributed by atoms with Crippen LogP contribution in [0.1, 0.15) is 38.9 Å². The second-order valence-corrected chi connectivity index (χ2v) is 15.0. The van der Waals surface area contributed by atoms with Crippen LogP contribution in [0.4, 0.5) is 17.1 Å². The second-order valence-electron chi connectivity index (χ2n) is 15.0. The van der Waals surface area contributed by atoms with Crippen LogP contribution in [0, 0.1) is 0 Å². The molecule has 2 spiro atoms. The van der Waals surface area contributed by atoms with Crippen molar-refractivity contribution >= 4 is 28.1 Å². The number of aromatic nitrogens is 2. The second kappa shape index (κ2) is 10.6. The molecule has 1 aliphatic carbocycles. The summed E-state index contributed by atoms with van der Waals surface area (Å²) in [6.45, 7) is 0. The number of nitrogens with zero attached hydrogens (tertiary/aromatic N) is 3. The SMILES string of the molecule is c1ccc2c(c1)Oc1ccccc1C21c2ccccc2N(c2ccc3c(c2)C2(Oc4nc5ccccc5n4-3)c3ccccc3-c3ccccc32)c2ccccc21. The zero-order chi connectivity index (χ0) is 36.6. The molecule has 4 aliphatic rings. The van der Waals surface area contributed by atoms with Crippen LogP contribution in [0.25, 0.3) is 27.8 Å². The maximum absolute atomic E-state index is 7.41. The molecule has 5 heteroatoms. The number of hydrogen-bond donors (Lipinski definition) is 0. The summed E-state index contributed by atoms with van der Waals surface area (Å²) in [6, 6.07) is 67.9. The van der Waals surface area contributed by atoms with E-state index in [4.69, 9.17) is 14.5 Å². The summed E-state index contributed by atoms with van der Waals surface area (Å²) in [5.74, 6) is 1.75. The average Bonchev–Trinajstić information content (AvgIpc) is 3.77.